The van der Waals surface area contributed by atoms with Crippen molar-refractivity contribution in [3.8, 4) is 0 Å². The average Bonchev–Trinajstić information content (AvgIpc) is 2.62. The van der Waals surface area contributed by atoms with E-state index in [1.54, 1.807) is 13.8 Å². The van der Waals surface area contributed by atoms with Gasteiger partial charge in [-0.2, -0.15) is 0 Å². The highest BCUT2D eigenvalue weighted by Gasteiger charge is 2.40. The van der Waals surface area contributed by atoms with Crippen molar-refractivity contribution in [3.05, 3.63) is 11.4 Å². The molecule has 0 saturated carbocycles. The molecule has 0 aromatic heterocycles. The van der Waals surface area contributed by atoms with Gasteiger partial charge in [-0.1, -0.05) is 0 Å². The highest BCUT2D eigenvalue weighted by molar-refractivity contribution is 5.77. The molecule has 1 aliphatic rings. The Morgan fingerprint density at radius 2 is 2.20 bits per heavy atom. The Bertz CT molecular complexity index is 265. The molecule has 0 N–H and O–H groups in total. The summed E-state index contributed by atoms with van der Waals surface area (Å²) < 4.78 is 15.4. The summed E-state index contributed by atoms with van der Waals surface area (Å²) in [6.07, 6.45) is 0.218. The molecule has 0 amide bonds. The van der Waals surface area contributed by atoms with Crippen molar-refractivity contribution in [1.82, 2.24) is 0 Å². The molecule has 1 aliphatic heterocycles. The lowest BCUT2D eigenvalue weighted by molar-refractivity contribution is -0.162. The lowest BCUT2D eigenvalue weighted by Crippen LogP contribution is -2.34. The summed E-state index contributed by atoms with van der Waals surface area (Å²) >= 11 is 0. The van der Waals surface area contributed by atoms with Gasteiger partial charge in [-0.05, 0) is 13.8 Å². The Morgan fingerprint density at radius 1 is 1.60 bits per heavy atom. The Morgan fingerprint density at radius 3 is 2.67 bits per heavy atom. The van der Waals surface area contributed by atoms with Crippen LogP contribution in [-0.4, -0.2) is 37.6 Å². The van der Waals surface area contributed by atoms with Gasteiger partial charge in [0.25, 0.3) is 0 Å². The van der Waals surface area contributed by atoms with Crippen molar-refractivity contribution in [2.24, 2.45) is 0 Å². The first-order chi connectivity index (χ1) is 7.11. The fourth-order valence-electron chi connectivity index (χ4n) is 1.45. The van der Waals surface area contributed by atoms with Crippen LogP contribution in [-0.2, 0) is 19.0 Å². The molecule has 1 fully saturated rings. The van der Waals surface area contributed by atoms with Crippen LogP contribution in [0, 0.1) is 6.57 Å². The first-order valence-electron chi connectivity index (χ1n) is 4.92. The first-order valence-corrected chi connectivity index (χ1v) is 4.92. The van der Waals surface area contributed by atoms with Gasteiger partial charge in [0.2, 0.25) is 0 Å². The van der Waals surface area contributed by atoms with E-state index in [1.807, 2.05) is 0 Å². The second-order valence-corrected chi connectivity index (χ2v) is 3.43. The third-order valence-corrected chi connectivity index (χ3v) is 2.18. The second kappa shape index (κ2) is 5.10. The van der Waals surface area contributed by atoms with Gasteiger partial charge >= 0.3 is 12.0 Å². The van der Waals surface area contributed by atoms with Crippen LogP contribution in [0.1, 0.15) is 20.3 Å². The van der Waals surface area contributed by atoms with E-state index in [0.717, 1.165) is 0 Å². The van der Waals surface area contributed by atoms with Gasteiger partial charge in [-0.15, -0.1) is 0 Å². The van der Waals surface area contributed by atoms with Crippen molar-refractivity contribution >= 4 is 5.97 Å². The molecular weight excluding hydrogens is 198 g/mol. The number of carbonyl (C=O) groups is 1. The van der Waals surface area contributed by atoms with Crippen LogP contribution in [0.5, 0.6) is 0 Å². The quantitative estimate of drug-likeness (QED) is 0.516. The first kappa shape index (κ1) is 12.0. The summed E-state index contributed by atoms with van der Waals surface area (Å²) in [4.78, 5) is 14.6. The average molecular weight is 213 g/mol. The van der Waals surface area contributed by atoms with Crippen molar-refractivity contribution < 1.29 is 19.0 Å². The van der Waals surface area contributed by atoms with E-state index in [0.29, 0.717) is 13.2 Å². The standard InChI is InChI=1S/C10H15NO4/c1-4-13-9(12)8(11-3)7-10(2)14-5-6-15-10/h8H,4-7H2,1-2H3. The summed E-state index contributed by atoms with van der Waals surface area (Å²) in [7, 11) is 0. The molecule has 0 radical (unpaired) electrons. The highest BCUT2D eigenvalue weighted by Crippen LogP contribution is 2.25. The Hall–Kier alpha value is -1.12. The maximum Gasteiger partial charge on any atom is 0.390 e. The van der Waals surface area contributed by atoms with E-state index in [1.165, 1.54) is 0 Å². The Labute approximate surface area is 89.1 Å². The number of rotatable bonds is 4. The molecule has 15 heavy (non-hydrogen) atoms. The highest BCUT2D eigenvalue weighted by atomic mass is 16.7. The molecule has 1 atom stereocenters. The van der Waals surface area contributed by atoms with Crippen LogP contribution >= 0.6 is 0 Å². The minimum Gasteiger partial charge on any atom is -0.460 e. The van der Waals surface area contributed by atoms with Gasteiger partial charge in [0.15, 0.2) is 5.79 Å². The minimum atomic E-state index is -0.840. The normalized spacial score (nSPS) is 20.6. The van der Waals surface area contributed by atoms with Crippen molar-refractivity contribution in [2.75, 3.05) is 19.8 Å². The Kier molecular flexibility index (Phi) is 4.06. The van der Waals surface area contributed by atoms with Crippen LogP contribution < -0.4 is 0 Å². The number of hydrogen-bond donors (Lipinski definition) is 0. The smallest absolute Gasteiger partial charge is 0.390 e. The fourth-order valence-corrected chi connectivity index (χ4v) is 1.45. The molecule has 84 valence electrons. The topological polar surface area (TPSA) is 49.1 Å². The molecule has 1 rings (SSSR count). The summed E-state index contributed by atoms with van der Waals surface area (Å²) in [6.45, 7) is 11.7. The number of hydrogen-bond acceptors (Lipinski definition) is 4. The third kappa shape index (κ3) is 3.18. The number of esters is 1. The molecule has 5 nitrogen and oxygen atoms in total. The zero-order valence-corrected chi connectivity index (χ0v) is 8.99. The Balaban J connectivity index is 2.53. The predicted octanol–water partition coefficient (Wildman–Crippen LogP) is 0.990. The zero-order chi connectivity index (χ0) is 11.3. The number of carbonyl (C=O) groups excluding carboxylic acids is 1. The van der Waals surface area contributed by atoms with Crippen LogP contribution in [0.15, 0.2) is 0 Å². The largest absolute Gasteiger partial charge is 0.460 e. The molecular formula is C10H15NO4. The van der Waals surface area contributed by atoms with E-state index in [9.17, 15) is 4.79 Å². The molecule has 0 aromatic rings. The summed E-state index contributed by atoms with van der Waals surface area (Å²) in [5.41, 5.74) is 0. The lowest BCUT2D eigenvalue weighted by atomic mass is 10.1. The van der Waals surface area contributed by atoms with Crippen LogP contribution in [0.2, 0.25) is 0 Å². The van der Waals surface area contributed by atoms with E-state index in [-0.39, 0.29) is 13.0 Å². The summed E-state index contributed by atoms with van der Waals surface area (Å²) in [6, 6.07) is -0.840. The molecule has 0 aliphatic carbocycles. The summed E-state index contributed by atoms with van der Waals surface area (Å²) in [5, 5.41) is 0. The van der Waals surface area contributed by atoms with Gasteiger partial charge < -0.3 is 19.1 Å². The molecule has 1 heterocycles. The van der Waals surface area contributed by atoms with Crippen molar-refractivity contribution in [2.45, 2.75) is 32.1 Å². The maximum absolute atomic E-state index is 11.4. The molecule has 5 heteroatoms. The molecule has 1 unspecified atom stereocenters. The molecule has 1 saturated heterocycles. The van der Waals surface area contributed by atoms with Crippen LogP contribution in [0.4, 0.5) is 0 Å². The number of nitrogens with zero attached hydrogens (tertiary/aromatic N) is 1. The minimum absolute atomic E-state index is 0.218. The monoisotopic (exact) mass is 213 g/mol. The predicted molar refractivity (Wildman–Crippen MR) is 51.9 cm³/mol. The van der Waals surface area contributed by atoms with E-state index in [2.05, 4.69) is 4.85 Å². The van der Waals surface area contributed by atoms with E-state index >= 15 is 0 Å². The van der Waals surface area contributed by atoms with Crippen molar-refractivity contribution in [1.29, 1.82) is 0 Å². The van der Waals surface area contributed by atoms with Crippen LogP contribution in [0.3, 0.4) is 0 Å². The van der Waals surface area contributed by atoms with Gasteiger partial charge in [0, 0.05) is 0 Å². The maximum atomic E-state index is 11.4. The lowest BCUT2D eigenvalue weighted by Gasteiger charge is -2.21. The van der Waals surface area contributed by atoms with E-state index < -0.39 is 17.8 Å². The summed E-state index contributed by atoms with van der Waals surface area (Å²) in [5.74, 6) is -1.32. The molecule has 0 bridgehead atoms. The third-order valence-electron chi connectivity index (χ3n) is 2.18. The SMILES string of the molecule is [C-]#[N+]C(CC1(C)OCCO1)C(=O)OCC. The van der Waals surface area contributed by atoms with Crippen LogP contribution in [0.25, 0.3) is 4.85 Å². The van der Waals surface area contributed by atoms with Gasteiger partial charge in [0.05, 0.1) is 26.2 Å². The van der Waals surface area contributed by atoms with Gasteiger partial charge in [-0.3, -0.25) is 0 Å². The molecule has 0 spiro atoms. The van der Waals surface area contributed by atoms with Gasteiger partial charge in [-0.25, -0.2) is 11.4 Å². The second-order valence-electron chi connectivity index (χ2n) is 3.43. The number of ether oxygens (including phenoxy) is 3. The van der Waals surface area contributed by atoms with E-state index in [4.69, 9.17) is 20.8 Å². The van der Waals surface area contributed by atoms with Crippen molar-refractivity contribution in [3.63, 3.8) is 0 Å². The zero-order valence-electron chi connectivity index (χ0n) is 8.99. The fraction of sp³-hybridized carbons (Fsp3) is 0.800. The van der Waals surface area contributed by atoms with Gasteiger partial charge in [0.1, 0.15) is 0 Å². The molecule has 0 aromatic carbocycles.